The van der Waals surface area contributed by atoms with Gasteiger partial charge >= 0.3 is 5.69 Å². The van der Waals surface area contributed by atoms with Crippen LogP contribution in [0.2, 0.25) is 0 Å². The van der Waals surface area contributed by atoms with Crippen molar-refractivity contribution in [2.75, 3.05) is 6.54 Å². The van der Waals surface area contributed by atoms with Gasteiger partial charge in [0.25, 0.3) is 5.56 Å². The lowest BCUT2D eigenvalue weighted by atomic mass is 10.1. The SMILES string of the molecule is Cc1[nH]c(=O)[nH]c(=O)c1CC(=O)NCCc1nc(Cc2ccccc2)no1. The third-order valence-electron chi connectivity index (χ3n) is 3.97. The van der Waals surface area contributed by atoms with Crippen LogP contribution in [0, 0.1) is 6.92 Å². The average molecular weight is 369 g/mol. The molecule has 3 N–H and O–H groups in total. The Morgan fingerprint density at radius 3 is 2.70 bits per heavy atom. The number of H-pyrrole nitrogens is 2. The molecular formula is C18H19N5O4. The molecule has 0 saturated heterocycles. The Morgan fingerprint density at radius 1 is 1.19 bits per heavy atom. The quantitative estimate of drug-likeness (QED) is 0.546. The molecule has 0 aliphatic carbocycles. The van der Waals surface area contributed by atoms with Crippen LogP contribution in [-0.2, 0) is 24.1 Å². The van der Waals surface area contributed by atoms with Crippen molar-refractivity contribution in [3.8, 4) is 0 Å². The first-order valence-corrected chi connectivity index (χ1v) is 8.45. The second kappa shape index (κ2) is 8.26. The van der Waals surface area contributed by atoms with Crippen LogP contribution in [0.4, 0.5) is 0 Å². The summed E-state index contributed by atoms with van der Waals surface area (Å²) in [5.74, 6) is 0.678. The van der Waals surface area contributed by atoms with Gasteiger partial charge in [0, 0.05) is 30.6 Å². The number of aryl methyl sites for hydroxylation is 1. The van der Waals surface area contributed by atoms with Crippen LogP contribution in [0.1, 0.15) is 28.5 Å². The van der Waals surface area contributed by atoms with Crippen molar-refractivity contribution < 1.29 is 9.32 Å². The third kappa shape index (κ3) is 5.00. The van der Waals surface area contributed by atoms with Crippen LogP contribution >= 0.6 is 0 Å². The summed E-state index contributed by atoms with van der Waals surface area (Å²) in [6.07, 6.45) is 0.834. The number of amides is 1. The highest BCUT2D eigenvalue weighted by Crippen LogP contribution is 2.06. The molecule has 2 heterocycles. The molecule has 0 saturated carbocycles. The molecule has 0 aliphatic heterocycles. The van der Waals surface area contributed by atoms with E-state index in [-0.39, 0.29) is 17.9 Å². The summed E-state index contributed by atoms with van der Waals surface area (Å²) < 4.78 is 5.18. The van der Waals surface area contributed by atoms with Crippen LogP contribution in [0.3, 0.4) is 0 Å². The van der Waals surface area contributed by atoms with Crippen molar-refractivity contribution in [2.45, 2.75) is 26.2 Å². The number of carbonyl (C=O) groups is 1. The Bertz CT molecular complexity index is 1040. The smallest absolute Gasteiger partial charge is 0.325 e. The van der Waals surface area contributed by atoms with Crippen LogP contribution in [-0.4, -0.2) is 32.6 Å². The van der Waals surface area contributed by atoms with Gasteiger partial charge in [-0.05, 0) is 12.5 Å². The largest absolute Gasteiger partial charge is 0.355 e. The maximum Gasteiger partial charge on any atom is 0.325 e. The Kier molecular flexibility index (Phi) is 5.60. The Balaban J connectivity index is 1.49. The summed E-state index contributed by atoms with van der Waals surface area (Å²) in [5.41, 5.74) is 0.536. The topological polar surface area (TPSA) is 134 Å². The number of aromatic nitrogens is 4. The summed E-state index contributed by atoms with van der Waals surface area (Å²) in [7, 11) is 0. The lowest BCUT2D eigenvalue weighted by Gasteiger charge is -2.05. The van der Waals surface area contributed by atoms with Gasteiger partial charge < -0.3 is 14.8 Å². The van der Waals surface area contributed by atoms with E-state index in [0.29, 0.717) is 36.8 Å². The van der Waals surface area contributed by atoms with Gasteiger partial charge in [-0.1, -0.05) is 35.5 Å². The minimum atomic E-state index is -0.593. The summed E-state index contributed by atoms with van der Waals surface area (Å²) in [6, 6.07) is 9.80. The minimum absolute atomic E-state index is 0.124. The predicted octanol–water partition coefficient (Wildman–Crippen LogP) is 0.247. The Morgan fingerprint density at radius 2 is 1.96 bits per heavy atom. The van der Waals surface area contributed by atoms with E-state index in [1.54, 1.807) is 6.92 Å². The van der Waals surface area contributed by atoms with E-state index in [4.69, 9.17) is 4.52 Å². The molecule has 9 nitrogen and oxygen atoms in total. The van der Waals surface area contributed by atoms with Crippen molar-refractivity contribution in [3.05, 3.63) is 79.7 Å². The molecule has 0 bridgehead atoms. The molecule has 140 valence electrons. The molecule has 1 aromatic carbocycles. The molecule has 0 unspecified atom stereocenters. The van der Waals surface area contributed by atoms with Gasteiger partial charge in [0.05, 0.1) is 6.42 Å². The van der Waals surface area contributed by atoms with Gasteiger partial charge in [-0.25, -0.2) is 4.79 Å². The van der Waals surface area contributed by atoms with E-state index in [1.165, 1.54) is 0 Å². The highest BCUT2D eigenvalue weighted by Gasteiger charge is 2.12. The van der Waals surface area contributed by atoms with Crippen LogP contribution in [0.25, 0.3) is 0 Å². The molecule has 9 heteroatoms. The lowest BCUT2D eigenvalue weighted by molar-refractivity contribution is -0.120. The number of nitrogens with one attached hydrogen (secondary N) is 3. The van der Waals surface area contributed by atoms with Crippen molar-refractivity contribution in [2.24, 2.45) is 0 Å². The van der Waals surface area contributed by atoms with Crippen LogP contribution in [0.15, 0.2) is 44.4 Å². The van der Waals surface area contributed by atoms with E-state index in [9.17, 15) is 14.4 Å². The van der Waals surface area contributed by atoms with Crippen molar-refractivity contribution in [1.82, 2.24) is 25.4 Å². The Hall–Kier alpha value is -3.49. The van der Waals surface area contributed by atoms with Gasteiger partial charge in [-0.15, -0.1) is 0 Å². The molecule has 3 aromatic rings. The maximum absolute atomic E-state index is 12.0. The molecule has 27 heavy (non-hydrogen) atoms. The molecule has 0 atom stereocenters. The third-order valence-corrected chi connectivity index (χ3v) is 3.97. The number of hydrogen-bond acceptors (Lipinski definition) is 6. The number of aromatic amines is 2. The predicted molar refractivity (Wildman–Crippen MR) is 96.4 cm³/mol. The van der Waals surface area contributed by atoms with E-state index in [2.05, 4.69) is 25.4 Å². The molecule has 0 aliphatic rings. The number of hydrogen-bond donors (Lipinski definition) is 3. The van der Waals surface area contributed by atoms with E-state index >= 15 is 0 Å². The molecule has 0 radical (unpaired) electrons. The summed E-state index contributed by atoms with van der Waals surface area (Å²) >= 11 is 0. The average Bonchev–Trinajstić information content (AvgIpc) is 3.06. The Labute approximate surface area is 153 Å². The van der Waals surface area contributed by atoms with Crippen LogP contribution in [0.5, 0.6) is 0 Å². The molecule has 1 amide bonds. The highest BCUT2D eigenvalue weighted by molar-refractivity contribution is 5.78. The van der Waals surface area contributed by atoms with Crippen LogP contribution < -0.4 is 16.6 Å². The minimum Gasteiger partial charge on any atom is -0.355 e. The fourth-order valence-electron chi connectivity index (χ4n) is 2.61. The zero-order valence-electron chi connectivity index (χ0n) is 14.7. The molecular weight excluding hydrogens is 350 g/mol. The highest BCUT2D eigenvalue weighted by atomic mass is 16.5. The molecule has 2 aromatic heterocycles. The first-order chi connectivity index (χ1) is 13.0. The number of rotatable bonds is 7. The fraction of sp³-hybridized carbons (Fsp3) is 0.278. The van der Waals surface area contributed by atoms with Gasteiger partial charge in [0.15, 0.2) is 5.82 Å². The number of benzene rings is 1. The normalized spacial score (nSPS) is 10.7. The summed E-state index contributed by atoms with van der Waals surface area (Å²) in [4.78, 5) is 43.8. The van der Waals surface area contributed by atoms with E-state index < -0.39 is 11.2 Å². The van der Waals surface area contributed by atoms with E-state index in [0.717, 1.165) is 5.56 Å². The molecule has 3 rings (SSSR count). The number of carbonyl (C=O) groups excluding carboxylic acids is 1. The summed E-state index contributed by atoms with van der Waals surface area (Å²) in [5, 5.41) is 6.63. The fourth-order valence-corrected chi connectivity index (χ4v) is 2.61. The van der Waals surface area contributed by atoms with Gasteiger partial charge in [0.2, 0.25) is 11.8 Å². The standard InChI is InChI=1S/C18H19N5O4/c1-11-13(17(25)22-18(26)20-11)10-15(24)19-8-7-16-21-14(23-27-16)9-12-5-3-2-4-6-12/h2-6H,7-10H2,1H3,(H,19,24)(H2,20,22,25,26). The first-order valence-electron chi connectivity index (χ1n) is 8.45. The maximum atomic E-state index is 12.0. The molecule has 0 spiro atoms. The van der Waals surface area contributed by atoms with Crippen molar-refractivity contribution in [1.29, 1.82) is 0 Å². The van der Waals surface area contributed by atoms with Gasteiger partial charge in [0.1, 0.15) is 0 Å². The second-order valence-corrected chi connectivity index (χ2v) is 6.06. The number of nitrogens with zero attached hydrogens (tertiary/aromatic N) is 2. The van der Waals surface area contributed by atoms with Gasteiger partial charge in [-0.3, -0.25) is 14.6 Å². The summed E-state index contributed by atoms with van der Waals surface area (Å²) in [6.45, 7) is 1.87. The molecule has 0 fully saturated rings. The van der Waals surface area contributed by atoms with Gasteiger partial charge in [-0.2, -0.15) is 4.98 Å². The lowest BCUT2D eigenvalue weighted by Crippen LogP contribution is -2.33. The first kappa shape index (κ1) is 18.3. The van der Waals surface area contributed by atoms with Crippen molar-refractivity contribution in [3.63, 3.8) is 0 Å². The zero-order chi connectivity index (χ0) is 19.2. The van der Waals surface area contributed by atoms with Crippen molar-refractivity contribution >= 4 is 5.91 Å². The second-order valence-electron chi connectivity index (χ2n) is 6.06. The van der Waals surface area contributed by atoms with E-state index in [1.807, 2.05) is 30.3 Å². The zero-order valence-corrected chi connectivity index (χ0v) is 14.7. The monoisotopic (exact) mass is 369 g/mol.